The third-order valence-corrected chi connectivity index (χ3v) is 4.02. The smallest absolute Gasteiger partial charge is 0.245 e. The van der Waals surface area contributed by atoms with E-state index in [1.54, 1.807) is 18.7 Å². The van der Waals surface area contributed by atoms with Gasteiger partial charge in [0.25, 0.3) is 0 Å². The molecule has 1 saturated heterocycles. The Bertz CT molecular complexity index is 600. The summed E-state index contributed by atoms with van der Waals surface area (Å²) in [6.45, 7) is 5.06. The number of aromatic nitrogens is 4. The zero-order valence-electron chi connectivity index (χ0n) is 12.7. The lowest BCUT2D eigenvalue weighted by Crippen LogP contribution is -2.39. The van der Waals surface area contributed by atoms with Gasteiger partial charge in [-0.25, -0.2) is 4.98 Å². The fraction of sp³-hybridized carbons (Fsp3) is 0.467. The third kappa shape index (κ3) is 3.08. The van der Waals surface area contributed by atoms with Gasteiger partial charge in [0, 0.05) is 44.8 Å². The van der Waals surface area contributed by atoms with E-state index in [0.717, 1.165) is 31.9 Å². The van der Waals surface area contributed by atoms with Gasteiger partial charge in [0.2, 0.25) is 5.91 Å². The molecule has 22 heavy (non-hydrogen) atoms. The molecule has 0 saturated carbocycles. The van der Waals surface area contributed by atoms with Crippen molar-refractivity contribution in [3.05, 3.63) is 37.1 Å². The SMILES string of the molecule is C[C@@H](C(=O)N1CCCN(c2cccnn2)CC1)n1ccnc1. The lowest BCUT2D eigenvalue weighted by Gasteiger charge is -2.25. The number of hydrogen-bond acceptors (Lipinski definition) is 5. The monoisotopic (exact) mass is 300 g/mol. The minimum absolute atomic E-state index is 0.138. The quantitative estimate of drug-likeness (QED) is 0.845. The first-order valence-electron chi connectivity index (χ1n) is 7.54. The Balaban J connectivity index is 1.64. The molecule has 3 rings (SSSR count). The first kappa shape index (κ1) is 14.5. The summed E-state index contributed by atoms with van der Waals surface area (Å²) in [6, 6.07) is 3.63. The standard InChI is InChI=1S/C15H20N6O/c1-13(21-9-6-16-12-21)15(22)20-8-3-7-19(10-11-20)14-4-2-5-17-18-14/h2,4-6,9,12-13H,3,7-8,10-11H2,1H3/t13-/m0/s1. The molecular formula is C15H20N6O. The number of nitrogens with zero attached hydrogens (tertiary/aromatic N) is 6. The Kier molecular flexibility index (Phi) is 4.32. The van der Waals surface area contributed by atoms with Crippen molar-refractivity contribution < 1.29 is 4.79 Å². The minimum atomic E-state index is -0.217. The van der Waals surface area contributed by atoms with Crippen LogP contribution in [0.25, 0.3) is 0 Å². The number of carbonyl (C=O) groups excluding carboxylic acids is 1. The summed E-state index contributed by atoms with van der Waals surface area (Å²) in [5.74, 6) is 1.01. The maximum atomic E-state index is 12.6. The second-order valence-corrected chi connectivity index (χ2v) is 5.43. The Hall–Kier alpha value is -2.44. The van der Waals surface area contributed by atoms with Gasteiger partial charge < -0.3 is 14.4 Å². The Morgan fingerprint density at radius 1 is 1.23 bits per heavy atom. The van der Waals surface area contributed by atoms with E-state index in [1.807, 2.05) is 34.7 Å². The zero-order chi connectivity index (χ0) is 15.4. The molecule has 0 radical (unpaired) electrons. The average Bonchev–Trinajstić information content (AvgIpc) is 2.99. The molecule has 2 aromatic rings. The molecule has 1 fully saturated rings. The summed E-state index contributed by atoms with van der Waals surface area (Å²) in [5, 5.41) is 8.07. The fourth-order valence-corrected chi connectivity index (χ4v) is 2.72. The van der Waals surface area contributed by atoms with Crippen LogP contribution in [0.3, 0.4) is 0 Å². The first-order valence-corrected chi connectivity index (χ1v) is 7.54. The number of anilines is 1. The molecule has 1 aliphatic rings. The Labute approximate surface area is 129 Å². The minimum Gasteiger partial charge on any atom is -0.353 e. The van der Waals surface area contributed by atoms with E-state index in [4.69, 9.17) is 0 Å². The Morgan fingerprint density at radius 2 is 2.14 bits per heavy atom. The van der Waals surface area contributed by atoms with Crippen LogP contribution in [0.15, 0.2) is 37.1 Å². The van der Waals surface area contributed by atoms with Crippen molar-refractivity contribution >= 4 is 11.7 Å². The van der Waals surface area contributed by atoms with E-state index in [-0.39, 0.29) is 11.9 Å². The molecular weight excluding hydrogens is 280 g/mol. The molecule has 0 bridgehead atoms. The summed E-state index contributed by atoms with van der Waals surface area (Å²) in [7, 11) is 0. The highest BCUT2D eigenvalue weighted by Gasteiger charge is 2.24. The van der Waals surface area contributed by atoms with E-state index in [1.165, 1.54) is 0 Å². The van der Waals surface area contributed by atoms with Crippen LogP contribution >= 0.6 is 0 Å². The predicted molar refractivity (Wildman–Crippen MR) is 82.4 cm³/mol. The van der Waals surface area contributed by atoms with Crippen LogP contribution in [0.4, 0.5) is 5.82 Å². The van der Waals surface area contributed by atoms with Gasteiger partial charge in [-0.1, -0.05) is 0 Å². The van der Waals surface area contributed by atoms with Gasteiger partial charge >= 0.3 is 0 Å². The van der Waals surface area contributed by atoms with Crippen LogP contribution in [-0.2, 0) is 4.79 Å². The van der Waals surface area contributed by atoms with Gasteiger partial charge in [0.05, 0.1) is 6.33 Å². The van der Waals surface area contributed by atoms with E-state index in [9.17, 15) is 4.79 Å². The topological polar surface area (TPSA) is 67.2 Å². The number of rotatable bonds is 3. The van der Waals surface area contributed by atoms with Gasteiger partial charge in [-0.3, -0.25) is 4.79 Å². The van der Waals surface area contributed by atoms with Crippen LogP contribution in [-0.4, -0.2) is 56.7 Å². The molecule has 7 heteroatoms. The molecule has 7 nitrogen and oxygen atoms in total. The van der Waals surface area contributed by atoms with Crippen molar-refractivity contribution in [2.75, 3.05) is 31.1 Å². The van der Waals surface area contributed by atoms with Gasteiger partial charge in [0.15, 0.2) is 5.82 Å². The van der Waals surface area contributed by atoms with Gasteiger partial charge in [0.1, 0.15) is 6.04 Å². The summed E-state index contributed by atoms with van der Waals surface area (Å²) >= 11 is 0. The van der Waals surface area contributed by atoms with Crippen molar-refractivity contribution in [3.8, 4) is 0 Å². The molecule has 116 valence electrons. The highest BCUT2D eigenvalue weighted by Crippen LogP contribution is 2.15. The molecule has 0 spiro atoms. The van der Waals surface area contributed by atoms with Crippen LogP contribution in [0.2, 0.25) is 0 Å². The van der Waals surface area contributed by atoms with Crippen LogP contribution in [0, 0.1) is 0 Å². The molecule has 0 aliphatic carbocycles. The van der Waals surface area contributed by atoms with E-state index >= 15 is 0 Å². The van der Waals surface area contributed by atoms with Crippen molar-refractivity contribution in [3.63, 3.8) is 0 Å². The van der Waals surface area contributed by atoms with Crippen molar-refractivity contribution in [2.45, 2.75) is 19.4 Å². The second-order valence-electron chi connectivity index (χ2n) is 5.43. The van der Waals surface area contributed by atoms with Gasteiger partial charge in [-0.15, -0.1) is 5.10 Å². The first-order chi connectivity index (χ1) is 10.8. The van der Waals surface area contributed by atoms with Gasteiger partial charge in [-0.05, 0) is 25.5 Å². The molecule has 0 aromatic carbocycles. The fourth-order valence-electron chi connectivity index (χ4n) is 2.72. The highest BCUT2D eigenvalue weighted by atomic mass is 16.2. The normalized spacial score (nSPS) is 17.1. The summed E-state index contributed by atoms with van der Waals surface area (Å²) < 4.78 is 1.84. The van der Waals surface area contributed by atoms with Crippen molar-refractivity contribution in [1.82, 2.24) is 24.6 Å². The molecule has 3 heterocycles. The number of imidazole rings is 1. The predicted octanol–water partition coefficient (Wildman–Crippen LogP) is 0.973. The number of amides is 1. The van der Waals surface area contributed by atoms with E-state index < -0.39 is 0 Å². The zero-order valence-corrected chi connectivity index (χ0v) is 12.7. The maximum Gasteiger partial charge on any atom is 0.245 e. The van der Waals surface area contributed by atoms with E-state index in [0.29, 0.717) is 6.54 Å². The van der Waals surface area contributed by atoms with E-state index in [2.05, 4.69) is 20.1 Å². The van der Waals surface area contributed by atoms with Crippen LogP contribution in [0.5, 0.6) is 0 Å². The van der Waals surface area contributed by atoms with Crippen LogP contribution in [0.1, 0.15) is 19.4 Å². The second kappa shape index (κ2) is 6.55. The summed E-state index contributed by atoms with van der Waals surface area (Å²) in [5.41, 5.74) is 0. The Morgan fingerprint density at radius 3 is 2.86 bits per heavy atom. The molecule has 1 aliphatic heterocycles. The van der Waals surface area contributed by atoms with Crippen molar-refractivity contribution in [2.24, 2.45) is 0 Å². The number of carbonyl (C=O) groups is 1. The van der Waals surface area contributed by atoms with Gasteiger partial charge in [-0.2, -0.15) is 5.10 Å². The number of hydrogen-bond donors (Lipinski definition) is 0. The third-order valence-electron chi connectivity index (χ3n) is 4.02. The summed E-state index contributed by atoms with van der Waals surface area (Å²) in [6.07, 6.45) is 7.81. The van der Waals surface area contributed by atoms with Crippen molar-refractivity contribution in [1.29, 1.82) is 0 Å². The average molecular weight is 300 g/mol. The molecule has 0 N–H and O–H groups in total. The molecule has 1 amide bonds. The molecule has 0 unspecified atom stereocenters. The lowest BCUT2D eigenvalue weighted by molar-refractivity contribution is -0.134. The molecule has 2 aromatic heterocycles. The lowest BCUT2D eigenvalue weighted by atomic mass is 10.2. The highest BCUT2D eigenvalue weighted by molar-refractivity contribution is 5.80. The summed E-state index contributed by atoms with van der Waals surface area (Å²) in [4.78, 5) is 20.7. The molecule has 1 atom stereocenters. The maximum absolute atomic E-state index is 12.6. The largest absolute Gasteiger partial charge is 0.353 e. The van der Waals surface area contributed by atoms with Crippen LogP contribution < -0.4 is 4.90 Å².